The van der Waals surface area contributed by atoms with E-state index in [1.54, 1.807) is 24.3 Å². The van der Waals surface area contributed by atoms with Crippen LogP contribution in [0, 0.1) is 7.14 Å². The van der Waals surface area contributed by atoms with E-state index in [9.17, 15) is 19.2 Å². The minimum absolute atomic E-state index is 0.543. The second-order valence-corrected chi connectivity index (χ2v) is 10.9. The third-order valence-electron chi connectivity index (χ3n) is 1.87. The van der Waals surface area contributed by atoms with E-state index < -0.39 is 65.2 Å². The van der Waals surface area contributed by atoms with Gasteiger partial charge in [0.1, 0.15) is 0 Å². The van der Waals surface area contributed by atoms with Gasteiger partial charge in [0.05, 0.1) is 0 Å². The van der Waals surface area contributed by atoms with Crippen LogP contribution in [0.2, 0.25) is 0 Å². The van der Waals surface area contributed by atoms with E-state index >= 15 is 0 Å². The first-order chi connectivity index (χ1) is 11.2. The Hall–Kier alpha value is -1.44. The Bertz CT molecular complexity index is 541. The van der Waals surface area contributed by atoms with Gasteiger partial charge in [0.25, 0.3) is 0 Å². The van der Waals surface area contributed by atoms with E-state index in [4.69, 9.17) is 12.3 Å². The van der Waals surface area contributed by atoms with Crippen LogP contribution in [0.4, 0.5) is 0 Å². The first-order valence-electron chi connectivity index (χ1n) is 6.45. The minimum atomic E-state index is -2.91. The molecule has 0 aliphatic carbocycles. The van der Waals surface area contributed by atoms with Crippen LogP contribution in [0.3, 0.4) is 0 Å². The van der Waals surface area contributed by atoms with Gasteiger partial charge in [-0.05, 0) is 0 Å². The molecule has 0 saturated heterocycles. The third kappa shape index (κ3) is 7.42. The number of hydrogen-bond acceptors (Lipinski definition) is 8. The summed E-state index contributed by atoms with van der Waals surface area (Å²) in [6, 6.07) is 6.40. The zero-order valence-electron chi connectivity index (χ0n) is 13.3. The molecular formula is C14H16I2O8. The van der Waals surface area contributed by atoms with Crippen molar-refractivity contribution in [1.29, 1.82) is 0 Å². The summed E-state index contributed by atoms with van der Waals surface area (Å²) in [5.74, 6) is -2.17. The Labute approximate surface area is 155 Å². The van der Waals surface area contributed by atoms with Crippen molar-refractivity contribution in [3.63, 3.8) is 0 Å². The van der Waals surface area contributed by atoms with Crippen molar-refractivity contribution in [3.05, 3.63) is 31.4 Å². The van der Waals surface area contributed by atoms with Crippen LogP contribution in [0.1, 0.15) is 27.7 Å². The molecule has 0 aromatic heterocycles. The van der Waals surface area contributed by atoms with Gasteiger partial charge in [-0.15, -0.1) is 0 Å². The van der Waals surface area contributed by atoms with Crippen molar-refractivity contribution in [2.45, 2.75) is 27.7 Å². The van der Waals surface area contributed by atoms with Gasteiger partial charge in [0.15, 0.2) is 0 Å². The van der Waals surface area contributed by atoms with Crippen molar-refractivity contribution < 1.29 is 31.4 Å². The summed E-state index contributed by atoms with van der Waals surface area (Å²) < 4.78 is 21.5. The van der Waals surface area contributed by atoms with E-state index in [-0.39, 0.29) is 0 Å². The molecule has 0 atom stereocenters. The molecule has 1 aromatic rings. The predicted octanol–water partition coefficient (Wildman–Crippen LogP) is 2.95. The second kappa shape index (κ2) is 9.76. The summed E-state index contributed by atoms with van der Waals surface area (Å²) in [7, 11) is 0. The molecule has 0 unspecified atom stereocenters. The van der Waals surface area contributed by atoms with Gasteiger partial charge in [-0.1, -0.05) is 0 Å². The van der Waals surface area contributed by atoms with Gasteiger partial charge in [0, 0.05) is 0 Å². The van der Waals surface area contributed by atoms with Crippen molar-refractivity contribution >= 4 is 65.2 Å². The maximum absolute atomic E-state index is 11.1. The van der Waals surface area contributed by atoms with E-state index in [0.29, 0.717) is 7.14 Å². The van der Waals surface area contributed by atoms with Crippen molar-refractivity contribution in [3.8, 4) is 0 Å². The molecule has 0 aliphatic heterocycles. The topological polar surface area (TPSA) is 105 Å². The van der Waals surface area contributed by atoms with E-state index in [1.807, 2.05) is 0 Å². The van der Waals surface area contributed by atoms with Gasteiger partial charge in [-0.2, -0.15) is 0 Å². The Balaban J connectivity index is 3.01. The van der Waals surface area contributed by atoms with Crippen LogP contribution in [-0.4, -0.2) is 23.9 Å². The van der Waals surface area contributed by atoms with E-state index in [1.165, 1.54) is 27.7 Å². The van der Waals surface area contributed by atoms with Gasteiger partial charge in [0.2, 0.25) is 0 Å². The van der Waals surface area contributed by atoms with Gasteiger partial charge in [-0.25, -0.2) is 0 Å². The number of benzene rings is 1. The molecular weight excluding hydrogens is 550 g/mol. The van der Waals surface area contributed by atoms with Crippen LogP contribution in [0.25, 0.3) is 0 Å². The van der Waals surface area contributed by atoms with Crippen molar-refractivity contribution in [2.24, 2.45) is 0 Å². The predicted molar refractivity (Wildman–Crippen MR) is 98.9 cm³/mol. The average molecular weight is 566 g/mol. The molecule has 24 heavy (non-hydrogen) atoms. The zero-order valence-corrected chi connectivity index (χ0v) is 17.6. The Kier molecular flexibility index (Phi) is 8.38. The van der Waals surface area contributed by atoms with Crippen LogP contribution in [0.5, 0.6) is 0 Å². The number of halogens is 2. The summed E-state index contributed by atoms with van der Waals surface area (Å²) in [5, 5.41) is 0. The van der Waals surface area contributed by atoms with Gasteiger partial charge in [-0.3, -0.25) is 0 Å². The fraction of sp³-hybridized carbons (Fsp3) is 0.286. The molecule has 8 nitrogen and oxygen atoms in total. The molecule has 0 bridgehead atoms. The molecule has 0 amide bonds. The summed E-state index contributed by atoms with van der Waals surface area (Å²) in [6.07, 6.45) is 0. The SMILES string of the molecule is CC(=O)OI(OC(C)=O)c1ccc(I(OC(C)=O)OC(C)=O)cc1. The molecule has 0 saturated carbocycles. The fourth-order valence-electron chi connectivity index (χ4n) is 1.24. The first kappa shape index (κ1) is 20.6. The Morgan fingerprint density at radius 3 is 0.958 bits per heavy atom. The summed E-state index contributed by atoms with van der Waals surface area (Å²) >= 11 is -5.82. The Morgan fingerprint density at radius 2 is 0.792 bits per heavy atom. The van der Waals surface area contributed by atoms with Crippen molar-refractivity contribution in [2.75, 3.05) is 0 Å². The maximum atomic E-state index is 11.1. The van der Waals surface area contributed by atoms with E-state index in [2.05, 4.69) is 0 Å². The van der Waals surface area contributed by atoms with Crippen LogP contribution >= 0.6 is 41.3 Å². The fourth-order valence-corrected chi connectivity index (χ4v) is 6.58. The van der Waals surface area contributed by atoms with Crippen LogP contribution in [0.15, 0.2) is 24.3 Å². The summed E-state index contributed by atoms with van der Waals surface area (Å²) in [4.78, 5) is 44.6. The van der Waals surface area contributed by atoms with Crippen LogP contribution < -0.4 is 0 Å². The second-order valence-electron chi connectivity index (χ2n) is 4.15. The summed E-state index contributed by atoms with van der Waals surface area (Å²) in [6.45, 7) is 4.92. The number of carbonyl (C=O) groups excluding carboxylic acids is 4. The zero-order chi connectivity index (χ0) is 18.3. The summed E-state index contributed by atoms with van der Waals surface area (Å²) in [5.41, 5.74) is 0. The first-order valence-corrected chi connectivity index (χ1v) is 12.1. The van der Waals surface area contributed by atoms with Gasteiger partial charge < -0.3 is 0 Å². The molecule has 0 spiro atoms. The average Bonchev–Trinajstić information content (AvgIpc) is 2.44. The standard InChI is InChI=1S/C14H16I2O8/c1-9(17)21-15(22-10(2)18)13-5-7-14(8-6-13)16(23-11(3)19)24-12(4)20/h5-8H,1-4H3. The normalized spacial score (nSPS) is 11.0. The quantitative estimate of drug-likeness (QED) is 0.485. The van der Waals surface area contributed by atoms with Crippen LogP contribution in [-0.2, 0) is 31.4 Å². The van der Waals surface area contributed by atoms with Gasteiger partial charge >= 0.3 is 156 Å². The number of hydrogen-bond donors (Lipinski definition) is 0. The molecule has 10 heteroatoms. The molecule has 0 aliphatic rings. The molecule has 1 rings (SSSR count). The molecule has 0 fully saturated rings. The van der Waals surface area contributed by atoms with E-state index in [0.717, 1.165) is 0 Å². The molecule has 0 N–H and O–H groups in total. The number of rotatable bonds is 6. The molecule has 1 aromatic carbocycles. The third-order valence-corrected chi connectivity index (χ3v) is 9.43. The monoisotopic (exact) mass is 566 g/mol. The molecule has 0 heterocycles. The van der Waals surface area contributed by atoms with Crippen molar-refractivity contribution in [1.82, 2.24) is 0 Å². The molecule has 134 valence electrons. The number of carbonyl (C=O) groups is 4. The molecule has 0 radical (unpaired) electrons. The Morgan fingerprint density at radius 1 is 0.583 bits per heavy atom.